The Morgan fingerprint density at radius 1 is 0.621 bits per heavy atom. The number of hydrogen-bond donors (Lipinski definition) is 0. The zero-order valence-corrected chi connectivity index (χ0v) is 15.4. The minimum absolute atomic E-state index is 0.176. The molecule has 0 aliphatic carbocycles. The number of aryl methyl sites for hydroxylation is 2. The van der Waals surface area contributed by atoms with E-state index in [-0.39, 0.29) is 11.8 Å². The molecule has 4 aromatic rings. The summed E-state index contributed by atoms with van der Waals surface area (Å²) in [6.45, 7) is 3.75. The molecule has 0 saturated carbocycles. The molecule has 0 aliphatic rings. The van der Waals surface area contributed by atoms with Gasteiger partial charge >= 0.3 is 12.4 Å². The molecule has 0 fully saturated rings. The van der Waals surface area contributed by atoms with Crippen LogP contribution in [0.4, 0.5) is 26.3 Å². The molecule has 7 heteroatoms. The molecule has 0 aliphatic heterocycles. The summed E-state index contributed by atoms with van der Waals surface area (Å²) in [4.78, 5) is 0. The Morgan fingerprint density at radius 2 is 1.14 bits per heavy atom. The van der Waals surface area contributed by atoms with Crippen molar-refractivity contribution < 1.29 is 26.3 Å². The van der Waals surface area contributed by atoms with E-state index in [0.717, 1.165) is 28.0 Å². The molecule has 29 heavy (non-hydrogen) atoms. The average Bonchev–Trinajstić information content (AvgIpc) is 2.92. The van der Waals surface area contributed by atoms with Crippen molar-refractivity contribution in [3.63, 3.8) is 0 Å². The van der Waals surface area contributed by atoms with Gasteiger partial charge in [-0.05, 0) is 56.3 Å². The van der Waals surface area contributed by atoms with E-state index in [0.29, 0.717) is 17.1 Å². The molecule has 1 nitrogen and oxygen atoms in total. The van der Waals surface area contributed by atoms with Crippen LogP contribution < -0.4 is 0 Å². The lowest BCUT2D eigenvalue weighted by Gasteiger charge is -2.18. The third kappa shape index (κ3) is 3.24. The van der Waals surface area contributed by atoms with Gasteiger partial charge in [0.05, 0.1) is 27.8 Å². The Balaban J connectivity index is 2.14. The molecule has 150 valence electrons. The van der Waals surface area contributed by atoms with E-state index in [1.807, 2.05) is 26.0 Å². The zero-order chi connectivity index (χ0) is 21.1. The van der Waals surface area contributed by atoms with E-state index in [4.69, 9.17) is 0 Å². The number of benzene rings is 3. The second kappa shape index (κ2) is 6.27. The molecule has 0 N–H and O–H groups in total. The van der Waals surface area contributed by atoms with Crippen LogP contribution >= 0.6 is 0 Å². The molecular formula is C22H15F6N. The van der Waals surface area contributed by atoms with Crippen molar-refractivity contribution in [1.82, 2.24) is 4.57 Å². The monoisotopic (exact) mass is 407 g/mol. The van der Waals surface area contributed by atoms with Crippen LogP contribution in [0.2, 0.25) is 0 Å². The Kier molecular flexibility index (Phi) is 4.19. The van der Waals surface area contributed by atoms with Crippen molar-refractivity contribution in [1.29, 1.82) is 0 Å². The SMILES string of the molecule is Cc1ccc2c(c1)c1cc(C)ccc1n2-c1ccc(C(F)(F)F)cc1C(F)(F)F. The summed E-state index contributed by atoms with van der Waals surface area (Å²) in [7, 11) is 0. The van der Waals surface area contributed by atoms with Crippen molar-refractivity contribution in [2.75, 3.05) is 0 Å². The first kappa shape index (κ1) is 19.4. The van der Waals surface area contributed by atoms with Crippen LogP contribution in [0.5, 0.6) is 0 Å². The fourth-order valence-electron chi connectivity index (χ4n) is 3.64. The molecule has 0 radical (unpaired) electrons. The Morgan fingerprint density at radius 3 is 1.59 bits per heavy atom. The van der Waals surface area contributed by atoms with E-state index < -0.39 is 23.5 Å². The van der Waals surface area contributed by atoms with Crippen LogP contribution in [0.25, 0.3) is 27.5 Å². The summed E-state index contributed by atoms with van der Waals surface area (Å²) >= 11 is 0. The number of aromatic nitrogens is 1. The molecule has 4 rings (SSSR count). The van der Waals surface area contributed by atoms with Crippen LogP contribution in [-0.2, 0) is 12.4 Å². The molecule has 0 amide bonds. The lowest BCUT2D eigenvalue weighted by Crippen LogP contribution is -2.14. The van der Waals surface area contributed by atoms with Crippen LogP contribution in [0.1, 0.15) is 22.3 Å². The van der Waals surface area contributed by atoms with Gasteiger partial charge in [0.1, 0.15) is 0 Å². The summed E-state index contributed by atoms with van der Waals surface area (Å²) in [5, 5.41) is 1.49. The number of nitrogens with zero attached hydrogens (tertiary/aromatic N) is 1. The van der Waals surface area contributed by atoms with Crippen molar-refractivity contribution in [2.24, 2.45) is 0 Å². The number of alkyl halides is 6. The normalized spacial score (nSPS) is 12.8. The summed E-state index contributed by atoms with van der Waals surface area (Å²) in [5.74, 6) is 0. The minimum atomic E-state index is -4.95. The summed E-state index contributed by atoms with van der Waals surface area (Å²) in [6, 6.07) is 12.4. The first-order valence-corrected chi connectivity index (χ1v) is 8.77. The quantitative estimate of drug-likeness (QED) is 0.289. The van der Waals surface area contributed by atoms with Gasteiger partial charge in [-0.1, -0.05) is 23.3 Å². The molecule has 0 saturated heterocycles. The Bertz CT molecular complexity index is 1190. The Hall–Kier alpha value is -2.96. The maximum absolute atomic E-state index is 13.8. The van der Waals surface area contributed by atoms with Crippen LogP contribution in [0.3, 0.4) is 0 Å². The highest BCUT2D eigenvalue weighted by Crippen LogP contribution is 2.41. The lowest BCUT2D eigenvalue weighted by molar-refractivity contribution is -0.142. The maximum Gasteiger partial charge on any atom is 0.418 e. The van der Waals surface area contributed by atoms with E-state index in [9.17, 15) is 26.3 Å². The number of rotatable bonds is 1. The predicted molar refractivity (Wildman–Crippen MR) is 100 cm³/mol. The van der Waals surface area contributed by atoms with Gasteiger partial charge in [-0.3, -0.25) is 0 Å². The van der Waals surface area contributed by atoms with Crippen LogP contribution in [-0.4, -0.2) is 4.57 Å². The van der Waals surface area contributed by atoms with Gasteiger partial charge in [0.15, 0.2) is 0 Å². The number of hydrogen-bond acceptors (Lipinski definition) is 0. The molecular weight excluding hydrogens is 392 g/mol. The maximum atomic E-state index is 13.8. The second-order valence-electron chi connectivity index (χ2n) is 7.10. The highest BCUT2D eigenvalue weighted by molar-refractivity contribution is 6.09. The standard InChI is InChI=1S/C22H15F6N/c1-12-3-6-18-15(9-12)16-10-13(2)4-7-19(16)29(18)20-8-5-14(21(23,24)25)11-17(20)22(26,27)28/h3-11H,1-2H3. The van der Waals surface area contributed by atoms with Crippen molar-refractivity contribution in [2.45, 2.75) is 26.2 Å². The first-order chi connectivity index (χ1) is 13.5. The average molecular weight is 407 g/mol. The van der Waals surface area contributed by atoms with E-state index in [1.165, 1.54) is 4.57 Å². The van der Waals surface area contributed by atoms with Gasteiger partial charge in [-0.2, -0.15) is 26.3 Å². The molecule has 3 aromatic carbocycles. The van der Waals surface area contributed by atoms with Crippen LogP contribution in [0.15, 0.2) is 54.6 Å². The lowest BCUT2D eigenvalue weighted by atomic mass is 10.1. The molecule has 1 heterocycles. The zero-order valence-electron chi connectivity index (χ0n) is 15.4. The highest BCUT2D eigenvalue weighted by atomic mass is 19.4. The summed E-state index contributed by atoms with van der Waals surface area (Å²) in [6.07, 6.45) is -9.82. The van der Waals surface area contributed by atoms with Gasteiger partial charge in [-0.15, -0.1) is 0 Å². The number of fused-ring (bicyclic) bond motifs is 3. The van der Waals surface area contributed by atoms with E-state index in [1.54, 1.807) is 24.3 Å². The Labute approximate surface area is 162 Å². The van der Waals surface area contributed by atoms with Gasteiger partial charge in [0.25, 0.3) is 0 Å². The summed E-state index contributed by atoms with van der Waals surface area (Å²) in [5.41, 5.74) is -0.127. The molecule has 0 atom stereocenters. The molecule has 0 bridgehead atoms. The molecule has 0 spiro atoms. The minimum Gasteiger partial charge on any atom is -0.309 e. The summed E-state index contributed by atoms with van der Waals surface area (Å²) < 4.78 is 81.8. The third-order valence-electron chi connectivity index (χ3n) is 4.95. The van der Waals surface area contributed by atoms with Gasteiger partial charge in [0.2, 0.25) is 0 Å². The molecule has 0 unspecified atom stereocenters. The first-order valence-electron chi connectivity index (χ1n) is 8.77. The number of halogens is 6. The second-order valence-corrected chi connectivity index (χ2v) is 7.10. The fraction of sp³-hybridized carbons (Fsp3) is 0.182. The fourth-order valence-corrected chi connectivity index (χ4v) is 3.64. The van der Waals surface area contributed by atoms with E-state index >= 15 is 0 Å². The van der Waals surface area contributed by atoms with Gasteiger partial charge in [-0.25, -0.2) is 0 Å². The van der Waals surface area contributed by atoms with Crippen molar-refractivity contribution in [3.8, 4) is 5.69 Å². The van der Waals surface area contributed by atoms with Gasteiger partial charge in [0, 0.05) is 10.8 Å². The highest BCUT2D eigenvalue weighted by Gasteiger charge is 2.39. The largest absolute Gasteiger partial charge is 0.418 e. The topological polar surface area (TPSA) is 4.93 Å². The smallest absolute Gasteiger partial charge is 0.309 e. The van der Waals surface area contributed by atoms with Gasteiger partial charge < -0.3 is 4.57 Å². The van der Waals surface area contributed by atoms with Crippen LogP contribution in [0, 0.1) is 13.8 Å². The van der Waals surface area contributed by atoms with Crippen molar-refractivity contribution >= 4 is 21.8 Å². The third-order valence-corrected chi connectivity index (χ3v) is 4.95. The molecule has 1 aromatic heterocycles. The van der Waals surface area contributed by atoms with Crippen molar-refractivity contribution in [3.05, 3.63) is 76.9 Å². The predicted octanol–water partition coefficient (Wildman–Crippen LogP) is 7.44. The van der Waals surface area contributed by atoms with E-state index in [2.05, 4.69) is 0 Å².